The summed E-state index contributed by atoms with van der Waals surface area (Å²) in [6.45, 7) is 5.27. The number of hydrogen-bond donors (Lipinski definition) is 1. The molecule has 126 valence electrons. The van der Waals surface area contributed by atoms with Crippen LogP contribution < -0.4 is 5.32 Å². The average Bonchev–Trinajstić information content (AvgIpc) is 2.98. The third-order valence-electron chi connectivity index (χ3n) is 4.33. The van der Waals surface area contributed by atoms with Gasteiger partial charge in [0, 0.05) is 6.04 Å². The van der Waals surface area contributed by atoms with Crippen molar-refractivity contribution >= 4 is 11.9 Å². The Bertz CT molecular complexity index is 562. The van der Waals surface area contributed by atoms with E-state index in [1.54, 1.807) is 19.1 Å². The maximum Gasteiger partial charge on any atom is 0.317 e. The Morgan fingerprint density at radius 2 is 1.70 bits per heavy atom. The second-order valence-electron chi connectivity index (χ2n) is 6.51. The Balaban J connectivity index is 2.16. The van der Waals surface area contributed by atoms with Crippen LogP contribution in [-0.4, -0.2) is 24.0 Å². The Kier molecular flexibility index (Phi) is 5.39. The Morgan fingerprint density at radius 3 is 2.22 bits per heavy atom. The second-order valence-corrected chi connectivity index (χ2v) is 6.51. The molecule has 1 aliphatic rings. The Hall–Kier alpha value is -1.91. The first-order chi connectivity index (χ1) is 10.8. The highest BCUT2D eigenvalue weighted by molar-refractivity contribution is 5.88. The maximum absolute atomic E-state index is 13.2. The van der Waals surface area contributed by atoms with Gasteiger partial charge in [-0.15, -0.1) is 0 Å². The van der Waals surface area contributed by atoms with E-state index in [2.05, 4.69) is 5.32 Å². The maximum atomic E-state index is 13.2. The van der Waals surface area contributed by atoms with Crippen LogP contribution in [0.3, 0.4) is 0 Å². The van der Waals surface area contributed by atoms with Crippen LogP contribution in [0, 0.1) is 5.82 Å². The lowest BCUT2D eigenvalue weighted by atomic mass is 9.79. The van der Waals surface area contributed by atoms with Gasteiger partial charge in [-0.05, 0) is 51.3 Å². The van der Waals surface area contributed by atoms with Gasteiger partial charge in [-0.2, -0.15) is 0 Å². The monoisotopic (exact) mass is 321 g/mol. The lowest BCUT2D eigenvalue weighted by Crippen LogP contribution is -2.43. The van der Waals surface area contributed by atoms with E-state index >= 15 is 0 Å². The van der Waals surface area contributed by atoms with Crippen molar-refractivity contribution in [2.75, 3.05) is 0 Å². The lowest BCUT2D eigenvalue weighted by molar-refractivity contribution is -0.160. The molecule has 1 N–H and O–H groups in total. The van der Waals surface area contributed by atoms with Crippen LogP contribution in [0.4, 0.5) is 4.39 Å². The molecule has 0 bridgehead atoms. The molecule has 1 aliphatic carbocycles. The van der Waals surface area contributed by atoms with Crippen molar-refractivity contribution in [1.29, 1.82) is 0 Å². The summed E-state index contributed by atoms with van der Waals surface area (Å²) in [5, 5.41) is 2.73. The molecule has 0 unspecified atom stereocenters. The molecule has 5 heteroatoms. The predicted molar refractivity (Wildman–Crippen MR) is 85.4 cm³/mol. The average molecular weight is 321 g/mol. The summed E-state index contributed by atoms with van der Waals surface area (Å²) in [7, 11) is 0. The van der Waals surface area contributed by atoms with Crippen molar-refractivity contribution in [2.45, 2.75) is 64.0 Å². The number of halogens is 1. The van der Waals surface area contributed by atoms with Gasteiger partial charge in [0.15, 0.2) is 6.10 Å². The van der Waals surface area contributed by atoms with Crippen molar-refractivity contribution < 1.29 is 18.7 Å². The summed E-state index contributed by atoms with van der Waals surface area (Å²) in [4.78, 5) is 24.7. The Morgan fingerprint density at radius 1 is 1.13 bits per heavy atom. The number of carbonyl (C=O) groups excluding carboxylic acids is 2. The molecule has 0 aromatic heterocycles. The van der Waals surface area contributed by atoms with E-state index in [-0.39, 0.29) is 17.8 Å². The third-order valence-corrected chi connectivity index (χ3v) is 4.33. The zero-order valence-electron chi connectivity index (χ0n) is 13.9. The summed E-state index contributed by atoms with van der Waals surface area (Å²) in [5.74, 6) is -1.03. The third kappa shape index (κ3) is 3.89. The summed E-state index contributed by atoms with van der Waals surface area (Å²) >= 11 is 0. The van der Waals surface area contributed by atoms with E-state index in [1.807, 2.05) is 13.8 Å². The summed E-state index contributed by atoms with van der Waals surface area (Å²) in [6, 6.07) is 5.98. The molecule has 2 rings (SSSR count). The smallest absolute Gasteiger partial charge is 0.317 e. The molecular weight excluding hydrogens is 297 g/mol. The van der Waals surface area contributed by atoms with Crippen LogP contribution >= 0.6 is 0 Å². The van der Waals surface area contributed by atoms with Crippen molar-refractivity contribution in [2.24, 2.45) is 0 Å². The molecule has 0 aliphatic heterocycles. The molecule has 23 heavy (non-hydrogen) atoms. The molecule has 1 atom stereocenters. The van der Waals surface area contributed by atoms with E-state index in [9.17, 15) is 14.0 Å². The molecule has 1 aromatic carbocycles. The first-order valence-corrected chi connectivity index (χ1v) is 8.12. The quantitative estimate of drug-likeness (QED) is 0.848. The second kappa shape index (κ2) is 7.11. The fourth-order valence-electron chi connectivity index (χ4n) is 3.09. The van der Waals surface area contributed by atoms with Crippen molar-refractivity contribution in [3.8, 4) is 0 Å². The highest BCUT2D eigenvalue weighted by Crippen LogP contribution is 2.42. The van der Waals surface area contributed by atoms with Crippen LogP contribution in [0.2, 0.25) is 0 Å². The number of hydrogen-bond acceptors (Lipinski definition) is 3. The topological polar surface area (TPSA) is 55.4 Å². The fraction of sp³-hybridized carbons (Fsp3) is 0.556. The zero-order chi connectivity index (χ0) is 17.0. The predicted octanol–water partition coefficient (Wildman–Crippen LogP) is 3.09. The molecular formula is C18H24FNO3. The number of rotatable bonds is 5. The van der Waals surface area contributed by atoms with Gasteiger partial charge >= 0.3 is 5.97 Å². The van der Waals surface area contributed by atoms with E-state index in [1.165, 1.54) is 12.1 Å². The van der Waals surface area contributed by atoms with Gasteiger partial charge in [0.2, 0.25) is 0 Å². The summed E-state index contributed by atoms with van der Waals surface area (Å²) < 4.78 is 18.6. The van der Waals surface area contributed by atoms with Crippen LogP contribution in [0.5, 0.6) is 0 Å². The van der Waals surface area contributed by atoms with Crippen molar-refractivity contribution in [1.82, 2.24) is 5.32 Å². The van der Waals surface area contributed by atoms with Crippen LogP contribution in [-0.2, 0) is 19.7 Å². The van der Waals surface area contributed by atoms with Gasteiger partial charge in [-0.1, -0.05) is 25.0 Å². The van der Waals surface area contributed by atoms with E-state index < -0.39 is 17.5 Å². The molecule has 4 nitrogen and oxygen atoms in total. The van der Waals surface area contributed by atoms with Gasteiger partial charge < -0.3 is 10.1 Å². The van der Waals surface area contributed by atoms with Gasteiger partial charge in [0.25, 0.3) is 5.91 Å². The van der Waals surface area contributed by atoms with Gasteiger partial charge in [0.1, 0.15) is 5.82 Å². The molecule has 1 aromatic rings. The molecule has 1 amide bonds. The van der Waals surface area contributed by atoms with E-state index in [4.69, 9.17) is 4.74 Å². The largest absolute Gasteiger partial charge is 0.452 e. The fourth-order valence-corrected chi connectivity index (χ4v) is 3.09. The van der Waals surface area contributed by atoms with Crippen LogP contribution in [0.1, 0.15) is 52.0 Å². The molecule has 1 saturated carbocycles. The lowest BCUT2D eigenvalue weighted by Gasteiger charge is -2.29. The number of amides is 1. The van der Waals surface area contributed by atoms with Gasteiger partial charge in [0.05, 0.1) is 5.41 Å². The molecule has 0 radical (unpaired) electrons. The number of ether oxygens (including phenoxy) is 1. The first kappa shape index (κ1) is 17.4. The van der Waals surface area contributed by atoms with E-state index in [0.29, 0.717) is 12.8 Å². The zero-order valence-corrected chi connectivity index (χ0v) is 13.9. The van der Waals surface area contributed by atoms with Crippen LogP contribution in [0.15, 0.2) is 24.3 Å². The SMILES string of the molecule is CC(C)NC(=O)[C@@H](C)OC(=O)C1(c2ccc(F)cc2)CCCC1. The number of carbonyl (C=O) groups is 2. The Labute approximate surface area is 136 Å². The normalized spacial score (nSPS) is 17.8. The standard InChI is InChI=1S/C18H24FNO3/c1-12(2)20-16(21)13(3)23-17(22)18(10-4-5-11-18)14-6-8-15(19)9-7-14/h6-9,12-13H,4-5,10-11H2,1-3H3,(H,20,21)/t13-/m1/s1. The molecule has 1 fully saturated rings. The minimum absolute atomic E-state index is 0.0128. The minimum Gasteiger partial charge on any atom is -0.452 e. The van der Waals surface area contributed by atoms with Crippen LogP contribution in [0.25, 0.3) is 0 Å². The minimum atomic E-state index is -0.845. The van der Waals surface area contributed by atoms with Gasteiger partial charge in [-0.3, -0.25) is 9.59 Å². The molecule has 0 spiro atoms. The first-order valence-electron chi connectivity index (χ1n) is 8.12. The van der Waals surface area contributed by atoms with E-state index in [0.717, 1.165) is 18.4 Å². The summed E-state index contributed by atoms with van der Waals surface area (Å²) in [5.41, 5.74) is -0.00190. The van der Waals surface area contributed by atoms with Crippen molar-refractivity contribution in [3.63, 3.8) is 0 Å². The molecule has 0 saturated heterocycles. The number of benzene rings is 1. The number of esters is 1. The molecule has 0 heterocycles. The highest BCUT2D eigenvalue weighted by atomic mass is 19.1. The number of nitrogens with one attached hydrogen (secondary N) is 1. The van der Waals surface area contributed by atoms with Crippen molar-refractivity contribution in [3.05, 3.63) is 35.6 Å². The summed E-state index contributed by atoms with van der Waals surface area (Å²) in [6.07, 6.45) is 2.31. The van der Waals surface area contributed by atoms with Gasteiger partial charge in [-0.25, -0.2) is 4.39 Å². The highest BCUT2D eigenvalue weighted by Gasteiger charge is 2.45.